The zero-order valence-electron chi connectivity index (χ0n) is 14.9. The number of hydrogen-bond donors (Lipinski definition) is 1. The van der Waals surface area contributed by atoms with E-state index in [0.717, 1.165) is 15.8 Å². The fourth-order valence-electron chi connectivity index (χ4n) is 2.80. The van der Waals surface area contributed by atoms with Crippen LogP contribution in [0.2, 0.25) is 10.0 Å². The van der Waals surface area contributed by atoms with E-state index in [1.54, 1.807) is 30.3 Å². The monoisotopic (exact) mass is 489 g/mol. The minimum absolute atomic E-state index is 0.177. The Kier molecular flexibility index (Phi) is 5.81. The summed E-state index contributed by atoms with van der Waals surface area (Å²) in [5, 5.41) is 3.59. The van der Waals surface area contributed by atoms with E-state index < -0.39 is 0 Å². The van der Waals surface area contributed by atoms with Crippen molar-refractivity contribution in [3.63, 3.8) is 0 Å². The molecule has 0 fully saturated rings. The van der Waals surface area contributed by atoms with Crippen molar-refractivity contribution < 1.29 is 13.6 Å². The molecule has 4 aromatic rings. The summed E-state index contributed by atoms with van der Waals surface area (Å²) in [6, 6.07) is 20.0. The average Bonchev–Trinajstić information content (AvgIpc) is 3.39. The fraction of sp³-hybridized carbons (Fsp3) is 0.0455. The van der Waals surface area contributed by atoms with Crippen molar-refractivity contribution in [2.24, 2.45) is 0 Å². The molecule has 2 heterocycles. The Morgan fingerprint density at radius 3 is 2.45 bits per heavy atom. The highest BCUT2D eigenvalue weighted by molar-refractivity contribution is 9.10. The summed E-state index contributed by atoms with van der Waals surface area (Å²) < 4.78 is 12.5. The van der Waals surface area contributed by atoms with Gasteiger partial charge in [0.05, 0.1) is 16.6 Å². The molecule has 0 unspecified atom stereocenters. The lowest BCUT2D eigenvalue weighted by molar-refractivity contribution is 0.0921. The van der Waals surface area contributed by atoms with Crippen molar-refractivity contribution in [2.45, 2.75) is 6.54 Å². The van der Waals surface area contributed by atoms with Crippen LogP contribution in [0.3, 0.4) is 0 Å². The van der Waals surface area contributed by atoms with Gasteiger partial charge in [-0.1, -0.05) is 57.3 Å². The molecule has 7 heteroatoms. The zero-order valence-corrected chi connectivity index (χ0v) is 18.0. The van der Waals surface area contributed by atoms with Gasteiger partial charge in [0.15, 0.2) is 5.76 Å². The van der Waals surface area contributed by atoms with Gasteiger partial charge in [0.25, 0.3) is 5.91 Å². The Hall–Kier alpha value is -2.47. The molecule has 1 amide bonds. The first-order valence-electron chi connectivity index (χ1n) is 8.68. The molecule has 2 aromatic heterocycles. The minimum Gasteiger partial charge on any atom is -0.459 e. The van der Waals surface area contributed by atoms with Gasteiger partial charge in [-0.05, 0) is 48.5 Å². The number of halogens is 3. The van der Waals surface area contributed by atoms with E-state index in [1.165, 1.54) is 0 Å². The summed E-state index contributed by atoms with van der Waals surface area (Å²) in [4.78, 5) is 12.4. The Morgan fingerprint density at radius 1 is 0.897 bits per heavy atom. The number of furan rings is 2. The molecule has 4 nitrogen and oxygen atoms in total. The van der Waals surface area contributed by atoms with Gasteiger partial charge in [0, 0.05) is 15.6 Å². The van der Waals surface area contributed by atoms with Gasteiger partial charge >= 0.3 is 0 Å². The molecule has 0 spiro atoms. The van der Waals surface area contributed by atoms with E-state index in [4.69, 9.17) is 32.0 Å². The van der Waals surface area contributed by atoms with Crippen molar-refractivity contribution in [3.05, 3.63) is 92.8 Å². The SMILES string of the molecule is O=C(NCc1ccc(-c2ccc(Br)cc2)o1)c1ccc(-c2cccc(Cl)c2Cl)o1. The highest BCUT2D eigenvalue weighted by Crippen LogP contribution is 2.34. The van der Waals surface area contributed by atoms with E-state index in [9.17, 15) is 4.79 Å². The number of nitrogens with one attached hydrogen (secondary N) is 1. The highest BCUT2D eigenvalue weighted by Gasteiger charge is 2.15. The average molecular weight is 491 g/mol. The molecule has 0 aliphatic carbocycles. The van der Waals surface area contributed by atoms with Gasteiger partial charge in [-0.2, -0.15) is 0 Å². The summed E-state index contributed by atoms with van der Waals surface area (Å²) in [6.07, 6.45) is 0. The van der Waals surface area contributed by atoms with Gasteiger partial charge in [0.2, 0.25) is 0 Å². The minimum atomic E-state index is -0.351. The third-order valence-corrected chi connectivity index (χ3v) is 5.61. The first-order valence-corrected chi connectivity index (χ1v) is 10.2. The Balaban J connectivity index is 1.42. The second-order valence-corrected chi connectivity index (χ2v) is 7.92. The van der Waals surface area contributed by atoms with Crippen LogP contribution in [-0.2, 0) is 6.54 Å². The lowest BCUT2D eigenvalue weighted by Gasteiger charge is -2.03. The molecule has 0 bridgehead atoms. The molecule has 0 saturated heterocycles. The van der Waals surface area contributed by atoms with Crippen LogP contribution in [0.4, 0.5) is 0 Å². The van der Waals surface area contributed by atoms with Gasteiger partial charge in [-0.3, -0.25) is 4.79 Å². The Labute approximate surface area is 185 Å². The highest BCUT2D eigenvalue weighted by atomic mass is 79.9. The molecule has 0 aliphatic heterocycles. The van der Waals surface area contributed by atoms with E-state index in [1.807, 2.05) is 36.4 Å². The van der Waals surface area contributed by atoms with Crippen LogP contribution >= 0.6 is 39.1 Å². The van der Waals surface area contributed by atoms with Crippen LogP contribution in [0.5, 0.6) is 0 Å². The van der Waals surface area contributed by atoms with Crippen LogP contribution in [0.15, 0.2) is 80.0 Å². The van der Waals surface area contributed by atoms with Crippen molar-refractivity contribution in [1.82, 2.24) is 5.32 Å². The number of hydrogen-bond acceptors (Lipinski definition) is 3. The molecule has 0 radical (unpaired) electrons. The Bertz CT molecular complexity index is 1170. The molecular formula is C22H14BrCl2NO3. The molecule has 29 heavy (non-hydrogen) atoms. The topological polar surface area (TPSA) is 55.4 Å². The number of rotatable bonds is 5. The number of amides is 1. The van der Waals surface area contributed by atoms with Crippen molar-refractivity contribution in [1.29, 1.82) is 0 Å². The van der Waals surface area contributed by atoms with E-state index >= 15 is 0 Å². The molecule has 4 rings (SSSR count). The number of benzene rings is 2. The summed E-state index contributed by atoms with van der Waals surface area (Å²) in [5.41, 5.74) is 1.59. The third-order valence-electron chi connectivity index (χ3n) is 4.26. The van der Waals surface area contributed by atoms with Crippen LogP contribution < -0.4 is 5.32 Å². The quantitative estimate of drug-likeness (QED) is 0.321. The van der Waals surface area contributed by atoms with Gasteiger partial charge in [-0.25, -0.2) is 0 Å². The van der Waals surface area contributed by atoms with Crippen molar-refractivity contribution in [2.75, 3.05) is 0 Å². The standard InChI is InChI=1S/C22H14BrCl2NO3/c23-14-6-4-13(5-7-14)18-9-8-15(28-18)12-26-22(27)20-11-10-19(29-20)16-2-1-3-17(24)21(16)25/h1-11H,12H2,(H,26,27). The maximum absolute atomic E-state index is 12.4. The molecule has 146 valence electrons. The molecule has 2 aromatic carbocycles. The predicted molar refractivity (Wildman–Crippen MR) is 117 cm³/mol. The van der Waals surface area contributed by atoms with Crippen LogP contribution in [-0.4, -0.2) is 5.91 Å². The summed E-state index contributed by atoms with van der Waals surface area (Å²) in [5.74, 6) is 1.67. The van der Waals surface area contributed by atoms with Gasteiger partial charge < -0.3 is 14.2 Å². The van der Waals surface area contributed by atoms with Gasteiger partial charge in [0.1, 0.15) is 17.3 Å². The fourth-order valence-corrected chi connectivity index (χ4v) is 3.45. The van der Waals surface area contributed by atoms with Crippen molar-refractivity contribution in [3.8, 4) is 22.6 Å². The molecule has 0 saturated carbocycles. The van der Waals surface area contributed by atoms with Gasteiger partial charge in [-0.15, -0.1) is 0 Å². The maximum atomic E-state index is 12.4. The smallest absolute Gasteiger partial charge is 0.287 e. The lowest BCUT2D eigenvalue weighted by Crippen LogP contribution is -2.21. The lowest BCUT2D eigenvalue weighted by atomic mass is 10.2. The summed E-state index contributed by atoms with van der Waals surface area (Å²) in [7, 11) is 0. The van der Waals surface area contributed by atoms with Crippen LogP contribution in [0, 0.1) is 0 Å². The first-order chi connectivity index (χ1) is 14.0. The zero-order chi connectivity index (χ0) is 20.4. The van der Waals surface area contributed by atoms with Crippen molar-refractivity contribution >= 4 is 45.0 Å². The third kappa shape index (κ3) is 4.42. The van der Waals surface area contributed by atoms with E-state index in [2.05, 4.69) is 21.2 Å². The number of carbonyl (C=O) groups excluding carboxylic acids is 1. The summed E-state index contributed by atoms with van der Waals surface area (Å²) >= 11 is 15.7. The largest absolute Gasteiger partial charge is 0.459 e. The molecule has 0 aliphatic rings. The van der Waals surface area contributed by atoms with E-state index in [0.29, 0.717) is 27.1 Å². The van der Waals surface area contributed by atoms with Crippen LogP contribution in [0.1, 0.15) is 16.3 Å². The molecule has 0 atom stereocenters. The normalized spacial score (nSPS) is 10.9. The molecular weight excluding hydrogens is 477 g/mol. The second kappa shape index (κ2) is 8.49. The van der Waals surface area contributed by atoms with E-state index in [-0.39, 0.29) is 18.2 Å². The Morgan fingerprint density at radius 2 is 1.66 bits per heavy atom. The first kappa shape index (κ1) is 19.8. The van der Waals surface area contributed by atoms with Crippen LogP contribution in [0.25, 0.3) is 22.6 Å². The predicted octanol–water partition coefficient (Wildman–Crippen LogP) is 7.21. The number of carbonyl (C=O) groups is 1. The molecule has 1 N–H and O–H groups in total. The maximum Gasteiger partial charge on any atom is 0.287 e. The summed E-state index contributed by atoms with van der Waals surface area (Å²) in [6.45, 7) is 0.239. The second-order valence-electron chi connectivity index (χ2n) is 6.22.